The summed E-state index contributed by atoms with van der Waals surface area (Å²) in [6, 6.07) is 5.08. The highest BCUT2D eigenvalue weighted by Gasteiger charge is 2.50. The average Bonchev–Trinajstić information content (AvgIpc) is 3.35. The van der Waals surface area contributed by atoms with Gasteiger partial charge in [0.2, 0.25) is 0 Å². The lowest BCUT2D eigenvalue weighted by molar-refractivity contribution is -0.118. The Hall–Kier alpha value is -1.74. The van der Waals surface area contributed by atoms with Crippen LogP contribution in [0.3, 0.4) is 0 Å². The molecule has 3 fully saturated rings. The predicted molar refractivity (Wildman–Crippen MR) is 101 cm³/mol. The van der Waals surface area contributed by atoms with Crippen molar-refractivity contribution >= 4 is 38.4 Å². The second-order valence-corrected chi connectivity index (χ2v) is 10.1. The van der Waals surface area contributed by atoms with Gasteiger partial charge >= 0.3 is 0 Å². The van der Waals surface area contributed by atoms with Crippen molar-refractivity contribution in [1.82, 2.24) is 0 Å². The molecule has 0 unspecified atom stereocenters. The first kappa shape index (κ1) is 17.7. The van der Waals surface area contributed by atoms with E-state index in [-0.39, 0.29) is 34.6 Å². The molecule has 1 aromatic rings. The van der Waals surface area contributed by atoms with Gasteiger partial charge in [0.25, 0.3) is 5.91 Å². The molecule has 1 aliphatic carbocycles. The van der Waals surface area contributed by atoms with Crippen LogP contribution in [0.25, 0.3) is 0 Å². The standard InChI is InChI=1S/C17H20N2O5S2/c1-23-11-5-6-14(24-2)12(7-11)19-13-8-26(21,22)9-15(13)25-17(19)18-16(20)10-3-4-10/h5-7,10,13,15H,3-4,8-9H2,1-2H3/t13-,15-/m1/s1. The number of aliphatic imine (C=N–C) groups is 1. The predicted octanol–water partition coefficient (Wildman–Crippen LogP) is 1.72. The van der Waals surface area contributed by atoms with E-state index in [1.54, 1.807) is 32.4 Å². The Bertz CT molecular complexity index is 879. The summed E-state index contributed by atoms with van der Waals surface area (Å²) >= 11 is 1.37. The molecule has 7 nitrogen and oxygen atoms in total. The van der Waals surface area contributed by atoms with E-state index >= 15 is 0 Å². The number of amides is 1. The summed E-state index contributed by atoms with van der Waals surface area (Å²) in [5.41, 5.74) is 0.672. The van der Waals surface area contributed by atoms with Gasteiger partial charge in [0, 0.05) is 17.2 Å². The number of methoxy groups -OCH3 is 2. The molecule has 2 aliphatic heterocycles. The summed E-state index contributed by atoms with van der Waals surface area (Å²) in [6.45, 7) is 0. The summed E-state index contributed by atoms with van der Waals surface area (Å²) < 4.78 is 35.1. The second kappa shape index (κ2) is 6.45. The largest absolute Gasteiger partial charge is 0.497 e. The lowest BCUT2D eigenvalue weighted by atomic mass is 10.2. The summed E-state index contributed by atoms with van der Waals surface area (Å²) in [5.74, 6) is 1.25. The minimum absolute atomic E-state index is 0.0151. The molecule has 0 aromatic heterocycles. The number of fused-ring (bicyclic) bond motifs is 1. The van der Waals surface area contributed by atoms with E-state index in [1.807, 2.05) is 4.90 Å². The first-order valence-corrected chi connectivity index (χ1v) is 11.1. The van der Waals surface area contributed by atoms with E-state index in [2.05, 4.69) is 4.99 Å². The van der Waals surface area contributed by atoms with Gasteiger partial charge in [-0.15, -0.1) is 0 Å². The van der Waals surface area contributed by atoms with E-state index < -0.39 is 9.84 Å². The highest BCUT2D eigenvalue weighted by Crippen LogP contribution is 2.45. The number of ether oxygens (including phenoxy) is 2. The van der Waals surface area contributed by atoms with E-state index in [9.17, 15) is 13.2 Å². The number of anilines is 1. The van der Waals surface area contributed by atoms with Gasteiger partial charge in [0.1, 0.15) is 11.5 Å². The highest BCUT2D eigenvalue weighted by atomic mass is 32.2. The number of hydrogen-bond acceptors (Lipinski definition) is 6. The summed E-state index contributed by atoms with van der Waals surface area (Å²) in [5, 5.41) is 0.417. The van der Waals surface area contributed by atoms with Crippen LogP contribution in [0.15, 0.2) is 23.2 Å². The molecule has 1 saturated carbocycles. The van der Waals surface area contributed by atoms with Gasteiger partial charge in [-0.1, -0.05) is 11.8 Å². The Kier molecular flexibility index (Phi) is 4.38. The van der Waals surface area contributed by atoms with Crippen LogP contribution in [0.1, 0.15) is 12.8 Å². The lowest BCUT2D eigenvalue weighted by Gasteiger charge is -2.26. The van der Waals surface area contributed by atoms with Crippen LogP contribution in [-0.4, -0.2) is 56.5 Å². The molecule has 0 spiro atoms. The number of hydrogen-bond donors (Lipinski definition) is 0. The number of carbonyl (C=O) groups is 1. The van der Waals surface area contributed by atoms with Gasteiger partial charge in [-0.2, -0.15) is 4.99 Å². The van der Waals surface area contributed by atoms with Crippen molar-refractivity contribution in [2.75, 3.05) is 30.6 Å². The molecule has 2 heterocycles. The molecular weight excluding hydrogens is 376 g/mol. The molecule has 140 valence electrons. The monoisotopic (exact) mass is 396 g/mol. The first-order valence-electron chi connectivity index (χ1n) is 8.43. The van der Waals surface area contributed by atoms with Gasteiger partial charge in [-0.3, -0.25) is 4.79 Å². The Morgan fingerprint density at radius 1 is 1.23 bits per heavy atom. The summed E-state index contributed by atoms with van der Waals surface area (Å²) in [4.78, 5) is 18.4. The van der Waals surface area contributed by atoms with Crippen LogP contribution in [0, 0.1) is 5.92 Å². The zero-order chi connectivity index (χ0) is 18.5. The summed E-state index contributed by atoms with van der Waals surface area (Å²) in [6.07, 6.45) is 1.76. The van der Waals surface area contributed by atoms with Crippen molar-refractivity contribution in [2.24, 2.45) is 10.9 Å². The van der Waals surface area contributed by atoms with Crippen molar-refractivity contribution in [3.8, 4) is 11.5 Å². The topological polar surface area (TPSA) is 85.3 Å². The quantitative estimate of drug-likeness (QED) is 0.766. The molecule has 2 saturated heterocycles. The van der Waals surface area contributed by atoms with Crippen LogP contribution >= 0.6 is 11.8 Å². The molecule has 0 radical (unpaired) electrons. The number of thioether (sulfide) groups is 1. The zero-order valence-electron chi connectivity index (χ0n) is 14.5. The number of carbonyl (C=O) groups excluding carboxylic acids is 1. The maximum absolute atomic E-state index is 12.3. The number of nitrogens with zero attached hydrogens (tertiary/aromatic N) is 2. The molecular formula is C17H20N2O5S2. The number of amidine groups is 1. The Morgan fingerprint density at radius 3 is 2.65 bits per heavy atom. The third kappa shape index (κ3) is 3.18. The number of sulfone groups is 1. The maximum Gasteiger partial charge on any atom is 0.251 e. The molecule has 26 heavy (non-hydrogen) atoms. The fourth-order valence-corrected chi connectivity index (χ4v) is 7.26. The van der Waals surface area contributed by atoms with Crippen molar-refractivity contribution in [3.63, 3.8) is 0 Å². The van der Waals surface area contributed by atoms with Crippen LogP contribution in [0.2, 0.25) is 0 Å². The van der Waals surface area contributed by atoms with Crippen molar-refractivity contribution in [3.05, 3.63) is 18.2 Å². The van der Waals surface area contributed by atoms with Gasteiger partial charge in [0.05, 0.1) is 37.5 Å². The molecule has 1 amide bonds. The third-order valence-electron chi connectivity index (χ3n) is 4.84. The van der Waals surface area contributed by atoms with E-state index in [1.165, 1.54) is 11.8 Å². The van der Waals surface area contributed by atoms with Crippen molar-refractivity contribution in [2.45, 2.75) is 24.1 Å². The molecule has 3 aliphatic rings. The Labute approximate surface area is 156 Å². The van der Waals surface area contributed by atoms with Gasteiger partial charge in [0.15, 0.2) is 15.0 Å². The minimum Gasteiger partial charge on any atom is -0.497 e. The van der Waals surface area contributed by atoms with Crippen LogP contribution in [-0.2, 0) is 14.6 Å². The number of rotatable bonds is 4. The minimum atomic E-state index is -3.11. The molecule has 0 N–H and O–H groups in total. The van der Waals surface area contributed by atoms with E-state index in [0.29, 0.717) is 22.4 Å². The normalized spacial score (nSPS) is 28.2. The van der Waals surface area contributed by atoms with E-state index in [4.69, 9.17) is 9.47 Å². The molecule has 0 bridgehead atoms. The van der Waals surface area contributed by atoms with Gasteiger partial charge < -0.3 is 14.4 Å². The van der Waals surface area contributed by atoms with Crippen molar-refractivity contribution in [1.29, 1.82) is 0 Å². The van der Waals surface area contributed by atoms with Gasteiger partial charge in [-0.05, 0) is 25.0 Å². The lowest BCUT2D eigenvalue weighted by Crippen LogP contribution is -2.38. The van der Waals surface area contributed by atoms with Crippen LogP contribution in [0.5, 0.6) is 11.5 Å². The van der Waals surface area contributed by atoms with Crippen LogP contribution < -0.4 is 14.4 Å². The fourth-order valence-electron chi connectivity index (χ4n) is 3.35. The van der Waals surface area contributed by atoms with Crippen LogP contribution in [0.4, 0.5) is 5.69 Å². The number of benzene rings is 1. The molecule has 1 aromatic carbocycles. The smallest absolute Gasteiger partial charge is 0.251 e. The Morgan fingerprint density at radius 2 is 2.00 bits per heavy atom. The van der Waals surface area contributed by atoms with E-state index in [0.717, 1.165) is 12.8 Å². The average molecular weight is 396 g/mol. The fraction of sp³-hybridized carbons (Fsp3) is 0.529. The maximum atomic E-state index is 12.3. The second-order valence-electron chi connectivity index (χ2n) is 6.72. The molecule has 9 heteroatoms. The molecule has 2 atom stereocenters. The van der Waals surface area contributed by atoms with Crippen molar-refractivity contribution < 1.29 is 22.7 Å². The van der Waals surface area contributed by atoms with Gasteiger partial charge in [-0.25, -0.2) is 8.42 Å². The third-order valence-corrected chi connectivity index (χ3v) is 8.05. The molecule has 4 rings (SSSR count). The zero-order valence-corrected chi connectivity index (χ0v) is 16.2. The summed E-state index contributed by atoms with van der Waals surface area (Å²) in [7, 11) is 0.0153. The SMILES string of the molecule is COc1ccc(OC)c(N2C(=NC(=O)C3CC3)S[C@@H]3CS(=O)(=O)C[C@H]32)c1. The Balaban J connectivity index is 1.79. The highest BCUT2D eigenvalue weighted by molar-refractivity contribution is 8.16. The first-order chi connectivity index (χ1) is 12.4.